The van der Waals surface area contributed by atoms with E-state index in [0.29, 0.717) is 11.3 Å². The minimum Gasteiger partial charge on any atom is -0.340 e. The number of nitrogens with one attached hydrogen (secondary N) is 1. The van der Waals surface area contributed by atoms with Gasteiger partial charge in [-0.15, -0.1) is 0 Å². The first kappa shape index (κ1) is 20.1. The highest BCUT2D eigenvalue weighted by molar-refractivity contribution is 7.94. The van der Waals surface area contributed by atoms with E-state index in [1.54, 1.807) is 22.7 Å². The van der Waals surface area contributed by atoms with Gasteiger partial charge in [-0.2, -0.15) is 9.61 Å². The Bertz CT molecular complexity index is 1280. The molecule has 0 fully saturated rings. The number of hydrogen-bond acceptors (Lipinski definition) is 5. The van der Waals surface area contributed by atoms with Gasteiger partial charge >= 0.3 is 0 Å². The SMILES string of the molecule is CC(C)c1cnn2c(NC3=CCC=C(S(C)(=O)=O)C=C3)cc(-c3ccccc3)nc12. The number of rotatable bonds is 5. The van der Waals surface area contributed by atoms with E-state index in [-0.39, 0.29) is 5.92 Å². The largest absolute Gasteiger partial charge is 0.340 e. The van der Waals surface area contributed by atoms with Gasteiger partial charge in [0.1, 0.15) is 5.82 Å². The van der Waals surface area contributed by atoms with E-state index in [4.69, 9.17) is 4.98 Å². The van der Waals surface area contributed by atoms with Crippen LogP contribution >= 0.6 is 0 Å². The number of aromatic nitrogens is 3. The van der Waals surface area contributed by atoms with Gasteiger partial charge in [0.05, 0.1) is 16.8 Å². The molecule has 0 saturated carbocycles. The summed E-state index contributed by atoms with van der Waals surface area (Å²) in [7, 11) is -3.24. The Morgan fingerprint density at radius 3 is 2.57 bits per heavy atom. The summed E-state index contributed by atoms with van der Waals surface area (Å²) >= 11 is 0. The average molecular weight is 421 g/mol. The molecule has 0 atom stereocenters. The molecule has 0 amide bonds. The summed E-state index contributed by atoms with van der Waals surface area (Å²) in [5, 5.41) is 7.95. The predicted octanol–water partition coefficient (Wildman–Crippen LogP) is 4.70. The maximum absolute atomic E-state index is 11.9. The van der Waals surface area contributed by atoms with E-state index in [1.807, 2.05) is 48.7 Å². The molecule has 2 aromatic heterocycles. The van der Waals surface area contributed by atoms with Crippen molar-refractivity contribution in [2.75, 3.05) is 11.6 Å². The molecule has 0 bridgehead atoms. The zero-order valence-electron chi connectivity index (χ0n) is 17.2. The fourth-order valence-corrected chi connectivity index (χ4v) is 4.07. The summed E-state index contributed by atoms with van der Waals surface area (Å²) in [5.74, 6) is 1.05. The van der Waals surface area contributed by atoms with Crippen molar-refractivity contribution >= 4 is 21.3 Å². The Morgan fingerprint density at radius 2 is 1.87 bits per heavy atom. The maximum Gasteiger partial charge on any atom is 0.175 e. The van der Waals surface area contributed by atoms with Crippen molar-refractivity contribution in [1.29, 1.82) is 0 Å². The minimum atomic E-state index is -3.24. The second kappa shape index (κ2) is 7.91. The molecule has 0 aliphatic heterocycles. The van der Waals surface area contributed by atoms with Gasteiger partial charge < -0.3 is 5.32 Å². The summed E-state index contributed by atoms with van der Waals surface area (Å²) < 4.78 is 25.5. The molecule has 4 rings (SSSR count). The van der Waals surface area contributed by atoms with E-state index in [0.717, 1.165) is 34.0 Å². The van der Waals surface area contributed by atoms with Crippen LogP contribution in [-0.2, 0) is 9.84 Å². The molecule has 1 N–H and O–H groups in total. The van der Waals surface area contributed by atoms with Gasteiger partial charge in [0.2, 0.25) is 0 Å². The molecular weight excluding hydrogens is 396 g/mol. The minimum absolute atomic E-state index is 0.285. The summed E-state index contributed by atoms with van der Waals surface area (Å²) in [4.78, 5) is 5.20. The van der Waals surface area contributed by atoms with Crippen molar-refractivity contribution in [3.63, 3.8) is 0 Å². The zero-order valence-corrected chi connectivity index (χ0v) is 18.0. The van der Waals surface area contributed by atoms with Gasteiger partial charge in [0.25, 0.3) is 0 Å². The standard InChI is InChI=1S/C23H24N4O2S/c1-16(2)20-15-24-27-22(14-21(26-23(20)27)17-8-5-4-6-9-17)25-18-10-7-11-19(13-12-18)30(3,28)29/h4-6,8-16,25H,7H2,1-3H3. The van der Waals surface area contributed by atoms with Crippen LogP contribution < -0.4 is 5.32 Å². The van der Waals surface area contributed by atoms with Gasteiger partial charge in [0.15, 0.2) is 15.5 Å². The third kappa shape index (κ3) is 4.07. The first-order valence-electron chi connectivity index (χ1n) is 9.82. The molecule has 6 nitrogen and oxygen atoms in total. The van der Waals surface area contributed by atoms with Crippen molar-refractivity contribution in [2.45, 2.75) is 26.2 Å². The van der Waals surface area contributed by atoms with Crippen molar-refractivity contribution in [1.82, 2.24) is 14.6 Å². The number of sulfone groups is 1. The highest BCUT2D eigenvalue weighted by Gasteiger charge is 2.16. The number of nitrogens with zero attached hydrogens (tertiary/aromatic N) is 3. The van der Waals surface area contributed by atoms with Crippen LogP contribution in [0.1, 0.15) is 31.7 Å². The van der Waals surface area contributed by atoms with E-state index >= 15 is 0 Å². The monoisotopic (exact) mass is 420 g/mol. The van der Waals surface area contributed by atoms with Crippen LogP contribution in [0, 0.1) is 0 Å². The van der Waals surface area contributed by atoms with Gasteiger partial charge in [-0.25, -0.2) is 13.4 Å². The maximum atomic E-state index is 11.9. The molecule has 0 radical (unpaired) electrons. The van der Waals surface area contributed by atoms with Crippen LogP contribution in [-0.4, -0.2) is 29.3 Å². The van der Waals surface area contributed by atoms with Gasteiger partial charge in [-0.3, -0.25) is 0 Å². The lowest BCUT2D eigenvalue weighted by Crippen LogP contribution is -2.06. The Labute approximate surface area is 176 Å². The molecule has 30 heavy (non-hydrogen) atoms. The summed E-state index contributed by atoms with van der Waals surface area (Å²) in [6.07, 6.45) is 10.7. The molecule has 0 saturated heterocycles. The fourth-order valence-electron chi connectivity index (χ4n) is 3.36. The highest BCUT2D eigenvalue weighted by Crippen LogP contribution is 2.28. The van der Waals surface area contributed by atoms with E-state index < -0.39 is 9.84 Å². The molecule has 0 spiro atoms. The van der Waals surface area contributed by atoms with Crippen molar-refractivity contribution in [3.05, 3.63) is 83.1 Å². The lowest BCUT2D eigenvalue weighted by Gasteiger charge is -2.12. The van der Waals surface area contributed by atoms with Gasteiger partial charge in [0, 0.05) is 29.1 Å². The van der Waals surface area contributed by atoms with Crippen LogP contribution in [0.15, 0.2) is 77.5 Å². The number of allylic oxidation sites excluding steroid dienone is 4. The van der Waals surface area contributed by atoms with Gasteiger partial charge in [-0.05, 0) is 24.5 Å². The van der Waals surface area contributed by atoms with Crippen LogP contribution in [0.5, 0.6) is 0 Å². The Hall–Kier alpha value is -3.19. The normalized spacial score (nSPS) is 14.5. The molecule has 154 valence electrons. The number of hydrogen-bond donors (Lipinski definition) is 1. The Balaban J connectivity index is 1.78. The van der Waals surface area contributed by atoms with Crippen LogP contribution in [0.4, 0.5) is 5.82 Å². The summed E-state index contributed by atoms with van der Waals surface area (Å²) in [5.41, 5.74) is 4.55. The first-order chi connectivity index (χ1) is 14.3. The molecule has 2 heterocycles. The highest BCUT2D eigenvalue weighted by atomic mass is 32.2. The van der Waals surface area contributed by atoms with Gasteiger partial charge in [-0.1, -0.05) is 56.3 Å². The summed E-state index contributed by atoms with van der Waals surface area (Å²) in [6.45, 7) is 4.24. The quantitative estimate of drug-likeness (QED) is 0.647. The Morgan fingerprint density at radius 1 is 1.10 bits per heavy atom. The fraction of sp³-hybridized carbons (Fsp3) is 0.217. The van der Waals surface area contributed by atoms with E-state index in [2.05, 4.69) is 24.3 Å². The van der Waals surface area contributed by atoms with E-state index in [1.165, 1.54) is 6.26 Å². The van der Waals surface area contributed by atoms with Crippen molar-refractivity contribution in [3.8, 4) is 11.3 Å². The van der Waals surface area contributed by atoms with Crippen LogP contribution in [0.3, 0.4) is 0 Å². The molecule has 1 aromatic carbocycles. The molecule has 3 aromatic rings. The third-order valence-corrected chi connectivity index (χ3v) is 6.13. The lowest BCUT2D eigenvalue weighted by atomic mass is 10.1. The topological polar surface area (TPSA) is 76.4 Å². The van der Waals surface area contributed by atoms with Crippen LogP contribution in [0.2, 0.25) is 0 Å². The summed E-state index contributed by atoms with van der Waals surface area (Å²) in [6, 6.07) is 12.0. The number of fused-ring (bicyclic) bond motifs is 1. The second-order valence-corrected chi connectivity index (χ2v) is 9.63. The lowest BCUT2D eigenvalue weighted by molar-refractivity contribution is 0.608. The molecule has 1 aliphatic rings. The number of anilines is 1. The molecule has 1 aliphatic carbocycles. The molecule has 7 heteroatoms. The number of benzene rings is 1. The van der Waals surface area contributed by atoms with Crippen molar-refractivity contribution < 1.29 is 8.42 Å². The zero-order chi connectivity index (χ0) is 21.3. The van der Waals surface area contributed by atoms with Crippen molar-refractivity contribution in [2.24, 2.45) is 0 Å². The second-order valence-electron chi connectivity index (χ2n) is 7.61. The van der Waals surface area contributed by atoms with E-state index in [9.17, 15) is 8.42 Å². The van der Waals surface area contributed by atoms with Crippen LogP contribution in [0.25, 0.3) is 16.9 Å². The third-order valence-electron chi connectivity index (χ3n) is 4.98. The Kier molecular flexibility index (Phi) is 5.30. The predicted molar refractivity (Wildman–Crippen MR) is 121 cm³/mol. The smallest absolute Gasteiger partial charge is 0.175 e. The first-order valence-corrected chi connectivity index (χ1v) is 11.7. The average Bonchev–Trinajstić information content (AvgIpc) is 3.00. The molecule has 0 unspecified atom stereocenters. The molecular formula is C23H24N4O2S.